The molecule has 1 aliphatic heterocycles. The molecular formula is C18H30F3N3O5. The van der Waals surface area contributed by atoms with E-state index in [2.05, 4.69) is 15.4 Å². The van der Waals surface area contributed by atoms with E-state index in [4.69, 9.17) is 0 Å². The minimum atomic E-state index is -4.89. The maximum atomic E-state index is 12.9. The number of likely N-dealkylation sites (tertiary alicyclic amines) is 1. The van der Waals surface area contributed by atoms with Gasteiger partial charge in [0.15, 0.2) is 6.10 Å². The molecule has 0 aromatic carbocycles. The second-order valence-corrected chi connectivity index (χ2v) is 7.81. The number of ether oxygens (including phenoxy) is 1. The van der Waals surface area contributed by atoms with Crippen LogP contribution in [-0.4, -0.2) is 72.0 Å². The number of alkyl carbamates (subject to hydrolysis) is 1. The number of hydrogen-bond donors (Lipinski definition) is 3. The van der Waals surface area contributed by atoms with E-state index in [1.54, 1.807) is 13.8 Å². The first-order valence-corrected chi connectivity index (χ1v) is 9.51. The van der Waals surface area contributed by atoms with Gasteiger partial charge in [-0.15, -0.1) is 0 Å². The number of amides is 3. The molecule has 0 aromatic rings. The molecule has 4 unspecified atom stereocenters. The van der Waals surface area contributed by atoms with E-state index in [1.807, 2.05) is 0 Å². The molecule has 4 atom stereocenters. The van der Waals surface area contributed by atoms with Gasteiger partial charge in [0.1, 0.15) is 12.1 Å². The SMILES string of the molecule is COC(=O)NC(C(=O)N1CCCC1C(=O)NC(C(C)C)C(O)C(F)(F)F)C(C)C. The van der Waals surface area contributed by atoms with E-state index in [0.29, 0.717) is 6.42 Å². The van der Waals surface area contributed by atoms with Crippen molar-refractivity contribution in [3.05, 3.63) is 0 Å². The monoisotopic (exact) mass is 425 g/mol. The molecule has 0 aromatic heterocycles. The molecule has 8 nitrogen and oxygen atoms in total. The molecule has 0 aliphatic carbocycles. The van der Waals surface area contributed by atoms with E-state index >= 15 is 0 Å². The van der Waals surface area contributed by atoms with E-state index in [9.17, 15) is 32.7 Å². The molecular weight excluding hydrogens is 395 g/mol. The van der Waals surface area contributed by atoms with Crippen LogP contribution in [0.2, 0.25) is 0 Å². The molecule has 11 heteroatoms. The van der Waals surface area contributed by atoms with Gasteiger partial charge in [0, 0.05) is 6.54 Å². The number of hydrogen-bond acceptors (Lipinski definition) is 5. The lowest BCUT2D eigenvalue weighted by molar-refractivity contribution is -0.215. The summed E-state index contributed by atoms with van der Waals surface area (Å²) in [7, 11) is 1.15. The van der Waals surface area contributed by atoms with Gasteiger partial charge in [0.2, 0.25) is 11.8 Å². The minimum Gasteiger partial charge on any atom is -0.453 e. The third-order valence-corrected chi connectivity index (χ3v) is 4.93. The number of carbonyl (C=O) groups is 3. The van der Waals surface area contributed by atoms with Crippen molar-refractivity contribution < 1.29 is 37.4 Å². The zero-order chi connectivity index (χ0) is 22.5. The van der Waals surface area contributed by atoms with Gasteiger partial charge in [-0.05, 0) is 24.7 Å². The van der Waals surface area contributed by atoms with Gasteiger partial charge in [-0.2, -0.15) is 13.2 Å². The number of nitrogens with one attached hydrogen (secondary N) is 2. The largest absolute Gasteiger partial charge is 0.453 e. The highest BCUT2D eigenvalue weighted by atomic mass is 19.4. The van der Waals surface area contributed by atoms with Gasteiger partial charge >= 0.3 is 12.3 Å². The highest BCUT2D eigenvalue weighted by Gasteiger charge is 2.46. The third kappa shape index (κ3) is 6.48. The number of methoxy groups -OCH3 is 1. The second kappa shape index (κ2) is 10.1. The second-order valence-electron chi connectivity index (χ2n) is 7.81. The van der Waals surface area contributed by atoms with Crippen LogP contribution in [0.5, 0.6) is 0 Å². The molecule has 1 aliphatic rings. The summed E-state index contributed by atoms with van der Waals surface area (Å²) < 4.78 is 43.3. The molecule has 1 heterocycles. The van der Waals surface area contributed by atoms with Gasteiger partial charge in [-0.3, -0.25) is 9.59 Å². The van der Waals surface area contributed by atoms with Gasteiger partial charge in [0.25, 0.3) is 0 Å². The number of carbonyl (C=O) groups excluding carboxylic acids is 3. The van der Waals surface area contributed by atoms with Crippen molar-refractivity contribution in [2.45, 2.75) is 70.9 Å². The minimum absolute atomic E-state index is 0.233. The fraction of sp³-hybridized carbons (Fsp3) is 0.833. The predicted molar refractivity (Wildman–Crippen MR) is 97.7 cm³/mol. The molecule has 0 saturated carbocycles. The number of aliphatic hydroxyl groups excluding tert-OH is 1. The molecule has 3 amide bonds. The standard InChI is InChI=1S/C18H30F3N3O5/c1-9(2)12(14(25)18(19,20)21)22-15(26)11-7-6-8-24(11)16(27)13(10(3)4)23-17(28)29-5/h9-14,25H,6-8H2,1-5H3,(H,22,26)(H,23,28). The Morgan fingerprint density at radius 2 is 1.69 bits per heavy atom. The average molecular weight is 425 g/mol. The Kier molecular flexibility index (Phi) is 8.73. The quantitative estimate of drug-likeness (QED) is 0.572. The molecule has 29 heavy (non-hydrogen) atoms. The molecule has 0 radical (unpaired) electrons. The van der Waals surface area contributed by atoms with Crippen molar-refractivity contribution in [1.29, 1.82) is 0 Å². The lowest BCUT2D eigenvalue weighted by Crippen LogP contribution is -2.59. The van der Waals surface area contributed by atoms with E-state index in [0.717, 1.165) is 7.11 Å². The first kappa shape index (κ1) is 25.0. The van der Waals surface area contributed by atoms with Crippen molar-refractivity contribution in [1.82, 2.24) is 15.5 Å². The predicted octanol–water partition coefficient (Wildman–Crippen LogP) is 1.42. The summed E-state index contributed by atoms with van der Waals surface area (Å²) in [5, 5.41) is 14.3. The van der Waals surface area contributed by atoms with Crippen LogP contribution in [0.4, 0.5) is 18.0 Å². The number of alkyl halides is 3. The smallest absolute Gasteiger partial charge is 0.416 e. The highest BCUT2D eigenvalue weighted by molar-refractivity contribution is 5.92. The summed E-state index contributed by atoms with van der Waals surface area (Å²) in [6, 6.07) is -3.48. The van der Waals surface area contributed by atoms with Crippen LogP contribution in [0.1, 0.15) is 40.5 Å². The Balaban J connectivity index is 2.97. The normalized spacial score (nSPS) is 20.4. The van der Waals surface area contributed by atoms with Crippen molar-refractivity contribution in [2.24, 2.45) is 11.8 Å². The van der Waals surface area contributed by atoms with Crippen LogP contribution >= 0.6 is 0 Å². The molecule has 0 bridgehead atoms. The van der Waals surface area contributed by atoms with Crippen LogP contribution in [0.15, 0.2) is 0 Å². The average Bonchev–Trinajstić information content (AvgIpc) is 3.11. The molecule has 1 rings (SSSR count). The first-order chi connectivity index (χ1) is 13.3. The van der Waals surface area contributed by atoms with E-state index in [-0.39, 0.29) is 18.9 Å². The maximum absolute atomic E-state index is 12.9. The molecule has 3 N–H and O–H groups in total. The molecule has 168 valence electrons. The lowest BCUT2D eigenvalue weighted by atomic mass is 9.97. The van der Waals surface area contributed by atoms with Crippen LogP contribution < -0.4 is 10.6 Å². The summed E-state index contributed by atoms with van der Waals surface area (Å²) in [6.07, 6.45) is -7.65. The van der Waals surface area contributed by atoms with Gasteiger partial charge in [0.05, 0.1) is 13.2 Å². The van der Waals surface area contributed by atoms with Crippen molar-refractivity contribution in [3.63, 3.8) is 0 Å². The number of rotatable bonds is 7. The van der Waals surface area contributed by atoms with Crippen LogP contribution in [0.3, 0.4) is 0 Å². The van der Waals surface area contributed by atoms with Gasteiger partial charge < -0.3 is 25.4 Å². The lowest BCUT2D eigenvalue weighted by Gasteiger charge is -2.33. The Labute approximate surface area is 168 Å². The van der Waals surface area contributed by atoms with Gasteiger partial charge in [-0.1, -0.05) is 27.7 Å². The van der Waals surface area contributed by atoms with Crippen LogP contribution in [0.25, 0.3) is 0 Å². The fourth-order valence-electron chi connectivity index (χ4n) is 3.26. The zero-order valence-electron chi connectivity index (χ0n) is 17.2. The van der Waals surface area contributed by atoms with Crippen molar-refractivity contribution in [2.75, 3.05) is 13.7 Å². The maximum Gasteiger partial charge on any atom is 0.416 e. The first-order valence-electron chi connectivity index (χ1n) is 9.51. The summed E-state index contributed by atoms with van der Waals surface area (Å²) in [6.45, 7) is 6.55. The Bertz CT molecular complexity index is 598. The summed E-state index contributed by atoms with van der Waals surface area (Å²) in [5.41, 5.74) is 0. The van der Waals surface area contributed by atoms with Gasteiger partial charge in [-0.25, -0.2) is 4.79 Å². The Morgan fingerprint density at radius 3 is 2.14 bits per heavy atom. The van der Waals surface area contributed by atoms with Crippen LogP contribution in [-0.2, 0) is 14.3 Å². The number of aliphatic hydroxyl groups is 1. The van der Waals surface area contributed by atoms with Crippen molar-refractivity contribution in [3.8, 4) is 0 Å². The van der Waals surface area contributed by atoms with E-state index in [1.165, 1.54) is 18.7 Å². The third-order valence-electron chi connectivity index (χ3n) is 4.93. The fourth-order valence-corrected chi connectivity index (χ4v) is 3.26. The molecule has 1 fully saturated rings. The summed E-state index contributed by atoms with van der Waals surface area (Å²) in [5.74, 6) is -2.27. The van der Waals surface area contributed by atoms with Crippen molar-refractivity contribution >= 4 is 17.9 Å². The molecule has 0 spiro atoms. The topological polar surface area (TPSA) is 108 Å². The number of halogens is 3. The summed E-state index contributed by atoms with van der Waals surface area (Å²) >= 11 is 0. The highest BCUT2D eigenvalue weighted by Crippen LogP contribution is 2.26. The Hall–Kier alpha value is -2.04. The van der Waals surface area contributed by atoms with E-state index < -0.39 is 54.2 Å². The zero-order valence-corrected chi connectivity index (χ0v) is 17.2. The summed E-state index contributed by atoms with van der Waals surface area (Å²) in [4.78, 5) is 38.4. The Morgan fingerprint density at radius 1 is 1.10 bits per heavy atom. The molecule has 1 saturated heterocycles. The number of nitrogens with zero attached hydrogens (tertiary/aromatic N) is 1. The van der Waals surface area contributed by atoms with Crippen LogP contribution in [0, 0.1) is 11.8 Å².